The van der Waals surface area contributed by atoms with Crippen LogP contribution in [-0.4, -0.2) is 61.8 Å². The maximum atomic E-state index is 13.6. The predicted octanol–water partition coefficient (Wildman–Crippen LogP) is 4.24. The summed E-state index contributed by atoms with van der Waals surface area (Å²) in [5.74, 6) is -0.254. The monoisotopic (exact) mass is 579 g/mol. The third kappa shape index (κ3) is 4.94. The fourth-order valence-electron chi connectivity index (χ4n) is 6.10. The number of rotatable bonds is 5. The van der Waals surface area contributed by atoms with Gasteiger partial charge < -0.3 is 19.9 Å². The highest BCUT2D eigenvalue weighted by molar-refractivity contribution is 6.42. The molecule has 208 valence electrons. The predicted molar refractivity (Wildman–Crippen MR) is 156 cm³/mol. The van der Waals surface area contributed by atoms with Crippen molar-refractivity contribution in [3.63, 3.8) is 0 Å². The van der Waals surface area contributed by atoms with E-state index in [1.165, 1.54) is 0 Å². The SMILES string of the molecule is O=C(N1CCC(Cn2cnc3c(ccn3-c3ccc(Cl)c(Cl)c3)c2=O)CC1)[C@@]1(O)CCNC[C@H]1c1ccccc1. The summed E-state index contributed by atoms with van der Waals surface area (Å²) in [6.45, 7) is 2.81. The van der Waals surface area contributed by atoms with Gasteiger partial charge in [0.05, 0.1) is 21.8 Å². The zero-order valence-electron chi connectivity index (χ0n) is 22.0. The second kappa shape index (κ2) is 11.0. The van der Waals surface area contributed by atoms with Crippen LogP contribution in [0.2, 0.25) is 10.0 Å². The Labute approximate surface area is 242 Å². The lowest BCUT2D eigenvalue weighted by atomic mass is 9.76. The molecule has 2 fully saturated rings. The summed E-state index contributed by atoms with van der Waals surface area (Å²) in [6.07, 6.45) is 5.30. The van der Waals surface area contributed by atoms with Crippen molar-refractivity contribution in [3.05, 3.63) is 93.1 Å². The van der Waals surface area contributed by atoms with Crippen LogP contribution in [0, 0.1) is 5.92 Å². The molecule has 4 aromatic rings. The number of fused-ring (bicyclic) bond motifs is 1. The molecule has 40 heavy (non-hydrogen) atoms. The van der Waals surface area contributed by atoms with Crippen molar-refractivity contribution >= 4 is 40.1 Å². The minimum Gasteiger partial charge on any atom is -0.379 e. The van der Waals surface area contributed by atoms with Crippen molar-refractivity contribution in [1.82, 2.24) is 24.3 Å². The number of likely N-dealkylation sites (tertiary alicyclic amines) is 1. The van der Waals surface area contributed by atoms with Crippen molar-refractivity contribution in [2.24, 2.45) is 5.92 Å². The van der Waals surface area contributed by atoms with Gasteiger partial charge in [-0.1, -0.05) is 53.5 Å². The van der Waals surface area contributed by atoms with Crippen molar-refractivity contribution in [2.75, 3.05) is 26.2 Å². The summed E-state index contributed by atoms with van der Waals surface area (Å²) < 4.78 is 3.48. The van der Waals surface area contributed by atoms with Crippen LogP contribution in [0.5, 0.6) is 0 Å². The molecule has 0 spiro atoms. The van der Waals surface area contributed by atoms with Gasteiger partial charge in [0, 0.05) is 44.0 Å². The minimum absolute atomic E-state index is 0.1000. The minimum atomic E-state index is -1.42. The molecule has 0 saturated carbocycles. The lowest BCUT2D eigenvalue weighted by molar-refractivity contribution is -0.158. The maximum Gasteiger partial charge on any atom is 0.262 e. The fourth-order valence-corrected chi connectivity index (χ4v) is 6.39. The summed E-state index contributed by atoms with van der Waals surface area (Å²) in [5, 5.41) is 16.4. The van der Waals surface area contributed by atoms with Crippen LogP contribution in [0.3, 0.4) is 0 Å². The molecule has 2 atom stereocenters. The molecule has 0 aliphatic carbocycles. The topological polar surface area (TPSA) is 92.4 Å². The zero-order chi connectivity index (χ0) is 27.9. The molecule has 2 aliphatic heterocycles. The van der Waals surface area contributed by atoms with E-state index in [9.17, 15) is 14.7 Å². The number of aliphatic hydroxyl groups is 1. The van der Waals surface area contributed by atoms with E-state index in [-0.39, 0.29) is 23.3 Å². The van der Waals surface area contributed by atoms with Crippen LogP contribution in [-0.2, 0) is 11.3 Å². The number of aromatic nitrogens is 3. The van der Waals surface area contributed by atoms with E-state index in [4.69, 9.17) is 23.2 Å². The molecule has 2 saturated heterocycles. The Morgan fingerprint density at radius 1 is 1.07 bits per heavy atom. The first kappa shape index (κ1) is 27.0. The number of carbonyl (C=O) groups excluding carboxylic acids is 1. The van der Waals surface area contributed by atoms with E-state index in [1.54, 1.807) is 40.2 Å². The first-order valence-corrected chi connectivity index (χ1v) is 14.4. The molecule has 6 rings (SSSR count). The first-order valence-electron chi connectivity index (χ1n) is 13.6. The summed E-state index contributed by atoms with van der Waals surface area (Å²) in [4.78, 5) is 33.4. The normalized spacial score (nSPS) is 22.1. The molecule has 2 aliphatic rings. The molecule has 1 amide bonds. The highest BCUT2D eigenvalue weighted by Crippen LogP contribution is 2.36. The Morgan fingerprint density at radius 2 is 1.85 bits per heavy atom. The average Bonchev–Trinajstić information content (AvgIpc) is 3.42. The van der Waals surface area contributed by atoms with Crippen molar-refractivity contribution in [1.29, 1.82) is 0 Å². The smallest absolute Gasteiger partial charge is 0.262 e. The molecule has 0 radical (unpaired) electrons. The van der Waals surface area contributed by atoms with Crippen molar-refractivity contribution in [2.45, 2.75) is 37.3 Å². The number of nitrogens with zero attached hydrogens (tertiary/aromatic N) is 4. The Hall–Kier alpha value is -3.17. The molecule has 0 unspecified atom stereocenters. The number of carbonyl (C=O) groups is 1. The second-order valence-electron chi connectivity index (χ2n) is 10.8. The summed E-state index contributed by atoms with van der Waals surface area (Å²) >= 11 is 12.2. The van der Waals surface area contributed by atoms with Crippen LogP contribution < -0.4 is 10.9 Å². The number of nitrogens with one attached hydrogen (secondary N) is 1. The van der Waals surface area contributed by atoms with Crippen molar-refractivity contribution < 1.29 is 9.90 Å². The van der Waals surface area contributed by atoms with Gasteiger partial charge in [-0.25, -0.2) is 4.98 Å². The second-order valence-corrected chi connectivity index (χ2v) is 11.6. The van der Waals surface area contributed by atoms with E-state index in [0.717, 1.165) is 24.1 Å². The summed E-state index contributed by atoms with van der Waals surface area (Å²) in [7, 11) is 0. The van der Waals surface area contributed by atoms with Crippen LogP contribution in [0.4, 0.5) is 0 Å². The molecule has 10 heteroatoms. The van der Waals surface area contributed by atoms with Gasteiger partial charge in [-0.3, -0.25) is 14.2 Å². The zero-order valence-corrected chi connectivity index (χ0v) is 23.5. The third-order valence-electron chi connectivity index (χ3n) is 8.39. The highest BCUT2D eigenvalue weighted by Gasteiger charge is 2.48. The molecular formula is C30H31Cl2N5O3. The van der Waals surface area contributed by atoms with Gasteiger partial charge in [-0.05, 0) is 61.6 Å². The van der Waals surface area contributed by atoms with E-state index < -0.39 is 5.60 Å². The first-order chi connectivity index (χ1) is 19.3. The van der Waals surface area contributed by atoms with Gasteiger partial charge >= 0.3 is 0 Å². The van der Waals surface area contributed by atoms with Gasteiger partial charge in [0.15, 0.2) is 11.2 Å². The summed E-state index contributed by atoms with van der Waals surface area (Å²) in [5.41, 5.74) is 0.777. The van der Waals surface area contributed by atoms with E-state index in [1.807, 2.05) is 41.0 Å². The molecule has 2 N–H and O–H groups in total. The molecule has 2 aromatic carbocycles. The van der Waals surface area contributed by atoms with E-state index in [0.29, 0.717) is 60.2 Å². The van der Waals surface area contributed by atoms with Gasteiger partial charge in [0.2, 0.25) is 0 Å². The molecule has 0 bridgehead atoms. The lowest BCUT2D eigenvalue weighted by Crippen LogP contribution is -2.59. The quantitative estimate of drug-likeness (QED) is 0.369. The number of benzene rings is 2. The van der Waals surface area contributed by atoms with Gasteiger partial charge in [0.1, 0.15) is 0 Å². The Balaban J connectivity index is 1.14. The van der Waals surface area contributed by atoms with E-state index >= 15 is 0 Å². The number of hydrogen-bond acceptors (Lipinski definition) is 5. The Morgan fingerprint density at radius 3 is 2.60 bits per heavy atom. The largest absolute Gasteiger partial charge is 0.379 e. The van der Waals surface area contributed by atoms with Gasteiger partial charge in [-0.15, -0.1) is 0 Å². The fraction of sp³-hybridized carbons (Fsp3) is 0.367. The van der Waals surface area contributed by atoms with Crippen LogP contribution >= 0.6 is 23.2 Å². The third-order valence-corrected chi connectivity index (χ3v) is 9.13. The standard InChI is InChI=1S/C30H31Cl2N5O3/c31-25-7-6-22(16-26(25)32)37-15-10-23-27(37)34-19-36(28(23)38)18-20-8-13-35(14-9-20)29(39)30(40)11-12-33-17-24(30)21-4-2-1-3-5-21/h1-7,10,15-16,19-20,24,33,40H,8-9,11-14,17-18H2/t24-,30+/m0/s1. The van der Waals surface area contributed by atoms with Crippen molar-refractivity contribution in [3.8, 4) is 5.69 Å². The lowest BCUT2D eigenvalue weighted by Gasteiger charge is -2.43. The Bertz CT molecular complexity index is 1600. The number of hydrogen-bond donors (Lipinski definition) is 2. The van der Waals surface area contributed by atoms with Crippen LogP contribution in [0.25, 0.3) is 16.7 Å². The number of amides is 1. The Kier molecular flexibility index (Phi) is 7.44. The molecular weight excluding hydrogens is 549 g/mol. The van der Waals surface area contributed by atoms with Crippen LogP contribution in [0.1, 0.15) is 30.7 Å². The highest BCUT2D eigenvalue weighted by atomic mass is 35.5. The van der Waals surface area contributed by atoms with Gasteiger partial charge in [-0.2, -0.15) is 0 Å². The number of halogens is 2. The van der Waals surface area contributed by atoms with E-state index in [2.05, 4.69) is 10.3 Å². The molecule has 2 aromatic heterocycles. The number of piperidine rings is 2. The molecule has 8 nitrogen and oxygen atoms in total. The summed E-state index contributed by atoms with van der Waals surface area (Å²) in [6, 6.07) is 16.8. The van der Waals surface area contributed by atoms with Crippen LogP contribution in [0.15, 0.2) is 71.9 Å². The van der Waals surface area contributed by atoms with Gasteiger partial charge in [0.25, 0.3) is 11.5 Å². The molecule has 4 heterocycles. The maximum absolute atomic E-state index is 13.6. The average molecular weight is 581 g/mol.